The van der Waals surface area contributed by atoms with Crippen molar-refractivity contribution in [1.82, 2.24) is 5.06 Å². The van der Waals surface area contributed by atoms with Crippen LogP contribution in [0.5, 0.6) is 0 Å². The monoisotopic (exact) mass is 396 g/mol. The highest BCUT2D eigenvalue weighted by molar-refractivity contribution is 5.69. The van der Waals surface area contributed by atoms with E-state index in [1.54, 1.807) is 0 Å². The maximum atomic E-state index is 13.0. The van der Waals surface area contributed by atoms with Crippen LogP contribution >= 0.6 is 0 Å². The number of piperidine rings is 1. The zero-order chi connectivity index (χ0) is 21.2. The normalized spacial score (nSPS) is 31.1. The Morgan fingerprint density at radius 2 is 1.46 bits per heavy atom. The molecule has 28 heavy (non-hydrogen) atoms. The van der Waals surface area contributed by atoms with Gasteiger partial charge in [-0.15, -0.1) is 10.3 Å². The van der Waals surface area contributed by atoms with Gasteiger partial charge in [-0.2, -0.15) is 0 Å². The molecule has 4 atom stereocenters. The lowest BCUT2D eigenvalue weighted by molar-refractivity contribution is -0.324. The minimum Gasteiger partial charge on any atom is -0.462 e. The Hall–Kier alpha value is -0.610. The highest BCUT2D eigenvalue weighted by Crippen LogP contribution is 2.45. The highest BCUT2D eigenvalue weighted by Gasteiger charge is 2.54. The van der Waals surface area contributed by atoms with E-state index in [9.17, 15) is 10.0 Å². The van der Waals surface area contributed by atoms with Crippen LogP contribution in [-0.4, -0.2) is 28.2 Å². The van der Waals surface area contributed by atoms with Crippen molar-refractivity contribution in [2.75, 3.05) is 0 Å². The Morgan fingerprint density at radius 1 is 0.929 bits per heavy atom. The fraction of sp³-hybridized carbons (Fsp3) is 0.958. The van der Waals surface area contributed by atoms with Crippen molar-refractivity contribution < 1.29 is 14.7 Å². The van der Waals surface area contributed by atoms with Crippen LogP contribution in [0.15, 0.2) is 0 Å². The lowest BCUT2D eigenvalue weighted by Gasteiger charge is -2.55. The Labute approximate surface area is 174 Å². The minimum atomic E-state index is -0.480. The summed E-state index contributed by atoms with van der Waals surface area (Å²) in [7, 11) is 0. The van der Waals surface area contributed by atoms with E-state index < -0.39 is 11.1 Å². The number of unbranched alkanes of at least 4 members (excludes halogenated alkanes) is 8. The molecule has 4 nitrogen and oxygen atoms in total. The van der Waals surface area contributed by atoms with Gasteiger partial charge in [0.15, 0.2) is 0 Å². The van der Waals surface area contributed by atoms with E-state index in [0.29, 0.717) is 12.8 Å². The number of ether oxygens (including phenoxy) is 1. The van der Waals surface area contributed by atoms with Crippen molar-refractivity contribution >= 4 is 5.97 Å². The molecule has 0 spiro atoms. The fourth-order valence-electron chi connectivity index (χ4n) is 4.60. The number of carbonyl (C=O) groups is 1. The van der Waals surface area contributed by atoms with Crippen molar-refractivity contribution in [2.24, 2.45) is 5.92 Å². The van der Waals surface area contributed by atoms with E-state index in [1.165, 1.54) is 50.0 Å². The Morgan fingerprint density at radius 3 is 1.96 bits per heavy atom. The van der Waals surface area contributed by atoms with Gasteiger partial charge in [0, 0.05) is 18.8 Å². The third kappa shape index (κ3) is 6.73. The number of hydrogen-bond donors (Lipinski definition) is 0. The molecule has 165 valence electrons. The number of hydrogen-bond acceptors (Lipinski definition) is 3. The first kappa shape index (κ1) is 25.4. The molecule has 1 fully saturated rings. The van der Waals surface area contributed by atoms with Crippen molar-refractivity contribution in [1.29, 1.82) is 0 Å². The van der Waals surface area contributed by atoms with Gasteiger partial charge in [-0.25, -0.2) is 0 Å². The molecule has 0 saturated carbocycles. The molecular formula is C24H46NO3. The predicted octanol–water partition coefficient (Wildman–Crippen LogP) is 6.84. The quantitative estimate of drug-likeness (QED) is 0.253. The molecule has 0 N–H and O–H groups in total. The summed E-state index contributed by atoms with van der Waals surface area (Å²) in [6.07, 6.45) is 13.7. The molecule has 1 aliphatic rings. The first-order valence-electron chi connectivity index (χ1n) is 11.9. The molecule has 0 amide bonds. The second-order valence-corrected chi connectivity index (χ2v) is 9.46. The smallest absolute Gasteiger partial charge is 0.306 e. The van der Waals surface area contributed by atoms with E-state index in [1.807, 2.05) is 13.8 Å². The largest absolute Gasteiger partial charge is 0.462 e. The van der Waals surface area contributed by atoms with Gasteiger partial charge in [0.1, 0.15) is 6.10 Å². The van der Waals surface area contributed by atoms with E-state index in [4.69, 9.17) is 4.74 Å². The Bertz CT molecular complexity index is 455. The van der Waals surface area contributed by atoms with Crippen LogP contribution in [-0.2, 0) is 14.7 Å². The molecule has 1 aliphatic heterocycles. The average molecular weight is 397 g/mol. The fourth-order valence-corrected chi connectivity index (χ4v) is 4.60. The third-order valence-electron chi connectivity index (χ3n) is 7.38. The standard InChI is InChI=1S/C24H46NO3/c1-7-10-11-12-13-14-15-16-17-18-22(26)28-21-19-23(5,8-2)25(27)24(6,9-3)20(21)4/h20-21H,7-19H2,1-6H3. The number of carbonyl (C=O) groups excluding carboxylic acids is 1. The van der Waals surface area contributed by atoms with E-state index in [0.717, 1.165) is 25.7 Å². The maximum absolute atomic E-state index is 13.0. The van der Waals surface area contributed by atoms with E-state index in [-0.39, 0.29) is 18.0 Å². The first-order chi connectivity index (χ1) is 13.2. The summed E-state index contributed by atoms with van der Waals surface area (Å²) in [5, 5.41) is 14.3. The van der Waals surface area contributed by atoms with Crippen LogP contribution in [0.4, 0.5) is 0 Å². The summed E-state index contributed by atoms with van der Waals surface area (Å²) in [5.41, 5.74) is -0.939. The van der Waals surface area contributed by atoms with Gasteiger partial charge in [-0.05, 0) is 33.1 Å². The summed E-state index contributed by atoms with van der Waals surface area (Å²) in [4.78, 5) is 12.4. The molecule has 1 heterocycles. The van der Waals surface area contributed by atoms with Crippen LogP contribution in [0, 0.1) is 5.92 Å². The number of rotatable bonds is 13. The van der Waals surface area contributed by atoms with Crippen LogP contribution in [0.3, 0.4) is 0 Å². The van der Waals surface area contributed by atoms with E-state index >= 15 is 0 Å². The first-order valence-corrected chi connectivity index (χ1v) is 11.9. The zero-order valence-corrected chi connectivity index (χ0v) is 19.5. The van der Waals surface area contributed by atoms with E-state index in [2.05, 4.69) is 27.7 Å². The van der Waals surface area contributed by atoms with Crippen molar-refractivity contribution in [3.05, 3.63) is 0 Å². The molecule has 0 aromatic carbocycles. The number of nitrogens with zero attached hydrogens (tertiary/aromatic N) is 1. The van der Waals surface area contributed by atoms with Crippen LogP contribution in [0.2, 0.25) is 0 Å². The number of esters is 1. The number of hydroxylamine groups is 2. The lowest BCUT2D eigenvalue weighted by atomic mass is 9.69. The van der Waals surface area contributed by atoms with Crippen LogP contribution < -0.4 is 0 Å². The molecule has 0 bridgehead atoms. The predicted molar refractivity (Wildman–Crippen MR) is 115 cm³/mol. The third-order valence-corrected chi connectivity index (χ3v) is 7.38. The summed E-state index contributed by atoms with van der Waals surface area (Å²) in [5.74, 6) is -0.0438. The topological polar surface area (TPSA) is 49.4 Å². The van der Waals surface area contributed by atoms with Gasteiger partial charge in [0.25, 0.3) is 0 Å². The molecule has 1 radical (unpaired) electrons. The van der Waals surface area contributed by atoms with Crippen molar-refractivity contribution in [2.45, 2.75) is 142 Å². The molecule has 4 heteroatoms. The molecule has 0 aromatic heterocycles. The minimum absolute atomic E-state index is 0.0432. The molecule has 1 saturated heterocycles. The summed E-state index contributed by atoms with van der Waals surface area (Å²) < 4.78 is 5.91. The lowest BCUT2D eigenvalue weighted by Crippen LogP contribution is -2.66. The van der Waals surface area contributed by atoms with Gasteiger partial charge in [0.05, 0.1) is 11.1 Å². The molecule has 0 aliphatic carbocycles. The van der Waals surface area contributed by atoms with Crippen molar-refractivity contribution in [3.8, 4) is 0 Å². The van der Waals surface area contributed by atoms with Gasteiger partial charge in [0.2, 0.25) is 0 Å². The molecule has 1 rings (SSSR count). The molecular weight excluding hydrogens is 350 g/mol. The van der Waals surface area contributed by atoms with Gasteiger partial charge >= 0.3 is 5.97 Å². The second kappa shape index (κ2) is 12.2. The average Bonchev–Trinajstić information content (AvgIpc) is 2.69. The zero-order valence-electron chi connectivity index (χ0n) is 19.5. The van der Waals surface area contributed by atoms with Gasteiger partial charge < -0.3 is 4.74 Å². The second-order valence-electron chi connectivity index (χ2n) is 9.46. The summed E-state index contributed by atoms with van der Waals surface area (Å²) in [6.45, 7) is 12.5. The van der Waals surface area contributed by atoms with Gasteiger partial charge in [-0.1, -0.05) is 79.1 Å². The Kier molecular flexibility index (Phi) is 11.1. The molecule has 4 unspecified atom stereocenters. The van der Waals surface area contributed by atoms with Crippen molar-refractivity contribution in [3.63, 3.8) is 0 Å². The highest BCUT2D eigenvalue weighted by atomic mass is 16.5. The maximum Gasteiger partial charge on any atom is 0.306 e. The van der Waals surface area contributed by atoms with Crippen LogP contribution in [0.1, 0.15) is 125 Å². The summed E-state index contributed by atoms with van der Waals surface area (Å²) in [6, 6.07) is 0. The van der Waals surface area contributed by atoms with Gasteiger partial charge in [-0.3, -0.25) is 4.79 Å². The van der Waals surface area contributed by atoms with Crippen LogP contribution in [0.25, 0.3) is 0 Å². The Balaban J connectivity index is 2.40. The SMILES string of the molecule is CCCCCCCCCCCC(=O)OC1CC(C)(CC)N([O])C(C)(CC)C1C. The molecule has 0 aromatic rings. The summed E-state index contributed by atoms with van der Waals surface area (Å²) >= 11 is 0.